The summed E-state index contributed by atoms with van der Waals surface area (Å²) in [5.74, 6) is 0. The third kappa shape index (κ3) is 10.1. The van der Waals surface area contributed by atoms with E-state index in [4.69, 9.17) is 4.74 Å². The Balaban J connectivity index is 2.36. The van der Waals surface area contributed by atoms with Crippen LogP contribution in [0.1, 0.15) is 46.1 Å². The number of hydrogen-bond donors (Lipinski definition) is 3. The van der Waals surface area contributed by atoms with Gasteiger partial charge in [0.15, 0.2) is 0 Å². The molecule has 0 saturated heterocycles. The lowest BCUT2D eigenvalue weighted by atomic mass is 10.1. The van der Waals surface area contributed by atoms with E-state index in [-0.39, 0.29) is 0 Å². The van der Waals surface area contributed by atoms with Crippen LogP contribution in [-0.2, 0) is 21.4 Å². The van der Waals surface area contributed by atoms with Gasteiger partial charge in [-0.1, -0.05) is 19.1 Å². The van der Waals surface area contributed by atoms with E-state index in [1.165, 1.54) is 0 Å². The molecule has 1 rings (SSSR count). The van der Waals surface area contributed by atoms with Crippen molar-refractivity contribution in [3.8, 4) is 0 Å². The van der Waals surface area contributed by atoms with E-state index in [0.29, 0.717) is 25.2 Å². The van der Waals surface area contributed by atoms with E-state index >= 15 is 0 Å². The van der Waals surface area contributed by atoms with Crippen molar-refractivity contribution in [2.75, 3.05) is 18.4 Å². The van der Waals surface area contributed by atoms with Crippen LogP contribution >= 0.6 is 0 Å². The molecule has 0 fully saturated rings. The Labute approximate surface area is 150 Å². The van der Waals surface area contributed by atoms with Crippen LogP contribution in [0.5, 0.6) is 0 Å². The van der Waals surface area contributed by atoms with Gasteiger partial charge in [-0.2, -0.15) is 8.42 Å². The average molecular weight is 372 g/mol. The van der Waals surface area contributed by atoms with Crippen molar-refractivity contribution >= 4 is 22.0 Å². The van der Waals surface area contributed by atoms with Gasteiger partial charge < -0.3 is 4.74 Å². The van der Waals surface area contributed by atoms with Crippen LogP contribution in [0.15, 0.2) is 24.3 Å². The standard InChI is InChI=1S/C17H29N3O4S/c1-5-12-18-25(22,23)19-13-6-7-14-8-10-15(11-9-14)20-16(21)24-17(2,3)4/h8-11,18-19H,5-7,12-13H2,1-4H3,(H,20,21). The predicted octanol–water partition coefficient (Wildman–Crippen LogP) is 2.80. The van der Waals surface area contributed by atoms with Crippen LogP contribution in [0.3, 0.4) is 0 Å². The number of ether oxygens (including phenoxy) is 1. The Kier molecular flexibility index (Phi) is 8.34. The van der Waals surface area contributed by atoms with Crippen molar-refractivity contribution in [3.05, 3.63) is 29.8 Å². The fourth-order valence-electron chi connectivity index (χ4n) is 1.96. The fraction of sp³-hybridized carbons (Fsp3) is 0.588. The highest BCUT2D eigenvalue weighted by molar-refractivity contribution is 7.87. The average Bonchev–Trinajstić information content (AvgIpc) is 2.49. The molecule has 0 aliphatic rings. The molecular weight excluding hydrogens is 342 g/mol. The number of aryl methyl sites for hydroxylation is 1. The molecular formula is C17H29N3O4S. The number of carbonyl (C=O) groups is 1. The molecule has 0 aliphatic carbocycles. The van der Waals surface area contributed by atoms with Crippen LogP contribution in [-0.4, -0.2) is 33.2 Å². The zero-order valence-corrected chi connectivity index (χ0v) is 16.2. The maximum atomic E-state index is 11.7. The van der Waals surface area contributed by atoms with Crippen molar-refractivity contribution in [2.45, 2.75) is 52.6 Å². The highest BCUT2D eigenvalue weighted by Gasteiger charge is 2.16. The van der Waals surface area contributed by atoms with Crippen LogP contribution in [0.4, 0.5) is 10.5 Å². The van der Waals surface area contributed by atoms with Gasteiger partial charge in [0.25, 0.3) is 10.2 Å². The quantitative estimate of drug-likeness (QED) is 0.582. The lowest BCUT2D eigenvalue weighted by Gasteiger charge is -2.19. The van der Waals surface area contributed by atoms with Gasteiger partial charge in [0.1, 0.15) is 5.60 Å². The van der Waals surface area contributed by atoms with E-state index in [9.17, 15) is 13.2 Å². The molecule has 0 heterocycles. The summed E-state index contributed by atoms with van der Waals surface area (Å²) in [7, 11) is -3.39. The number of benzene rings is 1. The van der Waals surface area contributed by atoms with Gasteiger partial charge in [-0.25, -0.2) is 14.2 Å². The molecule has 142 valence electrons. The highest BCUT2D eigenvalue weighted by atomic mass is 32.2. The van der Waals surface area contributed by atoms with Crippen LogP contribution in [0.25, 0.3) is 0 Å². The summed E-state index contributed by atoms with van der Waals surface area (Å²) in [6, 6.07) is 7.39. The third-order valence-corrected chi connectivity index (χ3v) is 4.24. The Morgan fingerprint density at radius 2 is 1.68 bits per heavy atom. The second-order valence-corrected chi connectivity index (χ2v) is 8.30. The molecule has 0 unspecified atom stereocenters. The normalized spacial score (nSPS) is 12.0. The first-order valence-corrected chi connectivity index (χ1v) is 9.93. The first-order valence-electron chi connectivity index (χ1n) is 8.44. The summed E-state index contributed by atoms with van der Waals surface area (Å²) in [6.45, 7) is 8.13. The van der Waals surface area contributed by atoms with E-state index in [2.05, 4.69) is 14.8 Å². The Morgan fingerprint density at radius 3 is 2.24 bits per heavy atom. The molecule has 1 aromatic rings. The molecule has 25 heavy (non-hydrogen) atoms. The molecule has 0 bridgehead atoms. The van der Waals surface area contributed by atoms with Crippen molar-refractivity contribution < 1.29 is 17.9 Å². The molecule has 0 atom stereocenters. The van der Waals surface area contributed by atoms with Gasteiger partial charge in [0.05, 0.1) is 0 Å². The predicted molar refractivity (Wildman–Crippen MR) is 99.8 cm³/mol. The van der Waals surface area contributed by atoms with Gasteiger partial charge in [0, 0.05) is 18.8 Å². The van der Waals surface area contributed by atoms with Gasteiger partial charge in [-0.3, -0.25) is 5.32 Å². The molecule has 1 aromatic carbocycles. The van der Waals surface area contributed by atoms with Gasteiger partial charge >= 0.3 is 6.09 Å². The molecule has 3 N–H and O–H groups in total. The molecule has 8 heteroatoms. The van der Waals surface area contributed by atoms with Crippen molar-refractivity contribution in [3.63, 3.8) is 0 Å². The Bertz CT molecular complexity index is 637. The molecule has 0 aliphatic heterocycles. The highest BCUT2D eigenvalue weighted by Crippen LogP contribution is 2.13. The van der Waals surface area contributed by atoms with Crippen molar-refractivity contribution in [1.82, 2.24) is 9.44 Å². The van der Waals surface area contributed by atoms with Crippen LogP contribution in [0, 0.1) is 0 Å². The molecule has 7 nitrogen and oxygen atoms in total. The first-order chi connectivity index (χ1) is 11.6. The van der Waals surface area contributed by atoms with Gasteiger partial charge in [-0.15, -0.1) is 0 Å². The van der Waals surface area contributed by atoms with Crippen LogP contribution < -0.4 is 14.8 Å². The SMILES string of the molecule is CCCNS(=O)(=O)NCCCc1ccc(NC(=O)OC(C)(C)C)cc1. The van der Waals surface area contributed by atoms with Crippen molar-refractivity contribution in [2.24, 2.45) is 0 Å². The molecule has 0 aromatic heterocycles. The number of nitrogens with one attached hydrogen (secondary N) is 3. The summed E-state index contributed by atoms with van der Waals surface area (Å²) in [5, 5.41) is 2.67. The number of hydrogen-bond acceptors (Lipinski definition) is 4. The number of rotatable bonds is 9. The Hall–Kier alpha value is -1.64. The minimum absolute atomic E-state index is 0.372. The van der Waals surface area contributed by atoms with Gasteiger partial charge in [-0.05, 0) is 57.7 Å². The minimum Gasteiger partial charge on any atom is -0.444 e. The summed E-state index contributed by atoms with van der Waals surface area (Å²) in [4.78, 5) is 11.7. The molecule has 1 amide bonds. The molecule has 0 saturated carbocycles. The van der Waals surface area contributed by atoms with E-state index in [1.54, 1.807) is 12.1 Å². The molecule has 0 radical (unpaired) electrons. The smallest absolute Gasteiger partial charge is 0.412 e. The van der Waals surface area contributed by atoms with Crippen LogP contribution in [0.2, 0.25) is 0 Å². The van der Waals surface area contributed by atoms with Crippen molar-refractivity contribution in [1.29, 1.82) is 0 Å². The summed E-state index contributed by atoms with van der Waals surface area (Å²) in [5.41, 5.74) is 1.18. The fourth-order valence-corrected chi connectivity index (χ4v) is 2.95. The number of amides is 1. The number of carbonyl (C=O) groups excluding carboxylic acids is 1. The van der Waals surface area contributed by atoms with Gasteiger partial charge in [0.2, 0.25) is 0 Å². The molecule has 0 spiro atoms. The van der Waals surface area contributed by atoms with E-state index in [1.807, 2.05) is 39.8 Å². The summed E-state index contributed by atoms with van der Waals surface area (Å²) >= 11 is 0. The maximum absolute atomic E-state index is 11.7. The first kappa shape index (κ1) is 21.4. The monoisotopic (exact) mass is 371 g/mol. The number of anilines is 1. The maximum Gasteiger partial charge on any atom is 0.412 e. The summed E-state index contributed by atoms with van der Waals surface area (Å²) in [6.07, 6.45) is 1.69. The van der Waals surface area contributed by atoms with E-state index < -0.39 is 21.9 Å². The topological polar surface area (TPSA) is 96.5 Å². The zero-order valence-electron chi connectivity index (χ0n) is 15.4. The third-order valence-electron chi connectivity index (χ3n) is 3.08. The lowest BCUT2D eigenvalue weighted by molar-refractivity contribution is 0.0636. The summed E-state index contributed by atoms with van der Waals surface area (Å²) < 4.78 is 33.3. The second kappa shape index (κ2) is 9.74. The van der Waals surface area contributed by atoms with E-state index in [0.717, 1.165) is 18.4 Å². The Morgan fingerprint density at radius 1 is 1.08 bits per heavy atom. The minimum atomic E-state index is -3.39. The zero-order chi connectivity index (χ0) is 18.9. The largest absolute Gasteiger partial charge is 0.444 e. The lowest BCUT2D eigenvalue weighted by Crippen LogP contribution is -2.37. The second-order valence-electron chi connectivity index (χ2n) is 6.72.